The van der Waals surface area contributed by atoms with Gasteiger partial charge in [0.25, 0.3) is 0 Å². The van der Waals surface area contributed by atoms with Crippen LogP contribution in [-0.4, -0.2) is 15.0 Å². The molecule has 0 heterocycles. The van der Waals surface area contributed by atoms with Crippen LogP contribution < -0.4 is 10.5 Å². The zero-order valence-electron chi connectivity index (χ0n) is 10.4. The molecule has 100 valence electrons. The fourth-order valence-electron chi connectivity index (χ4n) is 2.15. The average molecular weight is 268 g/mol. The molecule has 3 N–H and O–H groups in total. The molecule has 1 aromatic carbocycles. The fourth-order valence-corrected chi connectivity index (χ4v) is 3.30. The van der Waals surface area contributed by atoms with Crippen LogP contribution in [0.3, 0.4) is 0 Å². The molecular formula is C13H20N2O2S. The number of hydrogen-bond acceptors (Lipinski definition) is 3. The number of anilines is 1. The first-order chi connectivity index (χ1) is 8.55. The first kappa shape index (κ1) is 13.4. The van der Waals surface area contributed by atoms with Crippen molar-refractivity contribution in [2.24, 2.45) is 5.92 Å². The smallest absolute Gasteiger partial charge is 0.215 e. The number of nitrogens with two attached hydrogens (primary N) is 1. The van der Waals surface area contributed by atoms with Crippen LogP contribution in [0.4, 0.5) is 5.69 Å². The van der Waals surface area contributed by atoms with Crippen molar-refractivity contribution in [1.29, 1.82) is 0 Å². The third kappa shape index (κ3) is 3.99. The largest absolute Gasteiger partial charge is 0.399 e. The van der Waals surface area contributed by atoms with E-state index in [-0.39, 0.29) is 5.75 Å². The van der Waals surface area contributed by atoms with Gasteiger partial charge >= 0.3 is 0 Å². The second-order valence-corrected chi connectivity index (χ2v) is 6.79. The summed E-state index contributed by atoms with van der Waals surface area (Å²) in [6.07, 6.45) is 4.74. The molecule has 2 rings (SSSR count). The lowest BCUT2D eigenvalue weighted by Crippen LogP contribution is -2.28. The Bertz CT molecular complexity index is 495. The van der Waals surface area contributed by atoms with Gasteiger partial charge in [0.1, 0.15) is 0 Å². The van der Waals surface area contributed by atoms with Crippen LogP contribution >= 0.6 is 0 Å². The molecule has 1 aliphatic carbocycles. The van der Waals surface area contributed by atoms with Crippen LogP contribution in [0.25, 0.3) is 0 Å². The highest BCUT2D eigenvalue weighted by Gasteiger charge is 2.18. The Labute approximate surface area is 109 Å². The van der Waals surface area contributed by atoms with E-state index in [2.05, 4.69) is 4.72 Å². The average Bonchev–Trinajstić information content (AvgIpc) is 2.21. The van der Waals surface area contributed by atoms with Crippen LogP contribution in [-0.2, 0) is 15.8 Å². The highest BCUT2D eigenvalue weighted by Crippen LogP contribution is 2.28. The van der Waals surface area contributed by atoms with E-state index in [1.165, 1.54) is 19.3 Å². The van der Waals surface area contributed by atoms with Crippen LogP contribution in [0.5, 0.6) is 0 Å². The first-order valence-electron chi connectivity index (χ1n) is 6.37. The summed E-state index contributed by atoms with van der Waals surface area (Å²) in [7, 11) is -3.24. The van der Waals surface area contributed by atoms with E-state index in [1.807, 2.05) is 0 Å². The van der Waals surface area contributed by atoms with E-state index in [9.17, 15) is 8.42 Å². The summed E-state index contributed by atoms with van der Waals surface area (Å²) < 4.78 is 26.4. The SMILES string of the molecule is Nc1cccc(CS(=O)(=O)NCCC2CCC2)c1. The third-order valence-corrected chi connectivity index (χ3v) is 4.76. The molecule has 0 aliphatic heterocycles. The molecule has 18 heavy (non-hydrogen) atoms. The highest BCUT2D eigenvalue weighted by atomic mass is 32.2. The van der Waals surface area contributed by atoms with E-state index in [0.29, 0.717) is 12.2 Å². The van der Waals surface area contributed by atoms with Gasteiger partial charge in [0.2, 0.25) is 10.0 Å². The summed E-state index contributed by atoms with van der Waals surface area (Å²) >= 11 is 0. The van der Waals surface area contributed by atoms with Crippen molar-refractivity contribution in [3.05, 3.63) is 29.8 Å². The van der Waals surface area contributed by atoms with E-state index in [1.54, 1.807) is 24.3 Å². The van der Waals surface area contributed by atoms with Gasteiger partial charge in [-0.15, -0.1) is 0 Å². The molecule has 0 radical (unpaired) electrons. The van der Waals surface area contributed by atoms with Crippen molar-refractivity contribution >= 4 is 15.7 Å². The van der Waals surface area contributed by atoms with Crippen LogP contribution in [0.1, 0.15) is 31.2 Å². The monoisotopic (exact) mass is 268 g/mol. The summed E-state index contributed by atoms with van der Waals surface area (Å²) in [4.78, 5) is 0. The zero-order chi connectivity index (χ0) is 13.0. The Balaban J connectivity index is 1.82. The Hall–Kier alpha value is -1.07. The normalized spacial score (nSPS) is 16.4. The summed E-state index contributed by atoms with van der Waals surface area (Å²) in [5, 5.41) is 0. The van der Waals surface area contributed by atoms with Gasteiger partial charge in [0.05, 0.1) is 5.75 Å². The van der Waals surface area contributed by atoms with Crippen molar-refractivity contribution < 1.29 is 8.42 Å². The fraction of sp³-hybridized carbons (Fsp3) is 0.538. The Morgan fingerprint density at radius 3 is 2.72 bits per heavy atom. The van der Waals surface area contributed by atoms with Gasteiger partial charge in [-0.1, -0.05) is 31.4 Å². The Morgan fingerprint density at radius 1 is 1.33 bits per heavy atom. The van der Waals surface area contributed by atoms with Gasteiger partial charge in [-0.3, -0.25) is 0 Å². The van der Waals surface area contributed by atoms with Crippen molar-refractivity contribution in [2.45, 2.75) is 31.4 Å². The maximum absolute atomic E-state index is 11.8. The molecular weight excluding hydrogens is 248 g/mol. The standard InChI is InChI=1S/C13H20N2O2S/c14-13-6-2-5-12(9-13)10-18(16,17)15-8-7-11-3-1-4-11/h2,5-6,9,11,15H,1,3-4,7-8,10,14H2. The molecule has 0 saturated heterocycles. The van der Waals surface area contributed by atoms with Crippen LogP contribution in [0, 0.1) is 5.92 Å². The number of hydrogen-bond donors (Lipinski definition) is 2. The van der Waals surface area contributed by atoms with Gasteiger partial charge in [-0.05, 0) is 30.0 Å². The second kappa shape index (κ2) is 5.71. The molecule has 1 saturated carbocycles. The highest BCUT2D eigenvalue weighted by molar-refractivity contribution is 7.88. The Morgan fingerprint density at radius 2 is 2.11 bits per heavy atom. The Kier molecular flexibility index (Phi) is 4.24. The summed E-state index contributed by atoms with van der Waals surface area (Å²) in [5.74, 6) is 0.725. The summed E-state index contributed by atoms with van der Waals surface area (Å²) in [5.41, 5.74) is 6.95. The van der Waals surface area contributed by atoms with Gasteiger partial charge < -0.3 is 5.73 Å². The number of rotatable bonds is 6. The predicted octanol–water partition coefficient (Wildman–Crippen LogP) is 1.88. The van der Waals surface area contributed by atoms with Gasteiger partial charge in [-0.2, -0.15) is 0 Å². The molecule has 0 aromatic heterocycles. The topological polar surface area (TPSA) is 72.2 Å². The minimum Gasteiger partial charge on any atom is -0.399 e. The van der Waals surface area contributed by atoms with Crippen LogP contribution in [0.2, 0.25) is 0 Å². The number of sulfonamides is 1. The minimum atomic E-state index is -3.24. The number of nitrogen functional groups attached to an aromatic ring is 1. The van der Waals surface area contributed by atoms with Crippen molar-refractivity contribution in [1.82, 2.24) is 4.72 Å². The first-order valence-corrected chi connectivity index (χ1v) is 8.02. The van der Waals surface area contributed by atoms with Gasteiger partial charge in [0.15, 0.2) is 0 Å². The maximum Gasteiger partial charge on any atom is 0.215 e. The molecule has 1 fully saturated rings. The van der Waals surface area contributed by atoms with E-state index in [0.717, 1.165) is 17.9 Å². The molecule has 1 aromatic rings. The van der Waals surface area contributed by atoms with Gasteiger partial charge in [0, 0.05) is 12.2 Å². The zero-order valence-corrected chi connectivity index (χ0v) is 11.2. The summed E-state index contributed by atoms with van der Waals surface area (Å²) in [6.45, 7) is 0.551. The number of benzene rings is 1. The molecule has 0 spiro atoms. The molecule has 0 unspecified atom stereocenters. The molecule has 5 heteroatoms. The van der Waals surface area contributed by atoms with Gasteiger partial charge in [-0.25, -0.2) is 13.1 Å². The quantitative estimate of drug-likeness (QED) is 0.774. The lowest BCUT2D eigenvalue weighted by molar-refractivity contribution is 0.297. The maximum atomic E-state index is 11.8. The lowest BCUT2D eigenvalue weighted by Gasteiger charge is -2.25. The predicted molar refractivity (Wildman–Crippen MR) is 73.4 cm³/mol. The lowest BCUT2D eigenvalue weighted by atomic mass is 9.83. The third-order valence-electron chi connectivity index (χ3n) is 3.41. The molecule has 1 aliphatic rings. The minimum absolute atomic E-state index is 0.00269. The van der Waals surface area contributed by atoms with Crippen molar-refractivity contribution in [3.63, 3.8) is 0 Å². The molecule has 0 bridgehead atoms. The van der Waals surface area contributed by atoms with E-state index < -0.39 is 10.0 Å². The van der Waals surface area contributed by atoms with Crippen LogP contribution in [0.15, 0.2) is 24.3 Å². The molecule has 4 nitrogen and oxygen atoms in total. The van der Waals surface area contributed by atoms with E-state index in [4.69, 9.17) is 5.73 Å². The molecule has 0 amide bonds. The summed E-state index contributed by atoms with van der Waals surface area (Å²) in [6, 6.07) is 7.00. The molecule has 0 atom stereocenters. The number of nitrogens with one attached hydrogen (secondary N) is 1. The van der Waals surface area contributed by atoms with E-state index >= 15 is 0 Å². The van der Waals surface area contributed by atoms with Crippen molar-refractivity contribution in [3.8, 4) is 0 Å². The van der Waals surface area contributed by atoms with Crippen molar-refractivity contribution in [2.75, 3.05) is 12.3 Å². The second-order valence-electron chi connectivity index (χ2n) is 4.98.